The van der Waals surface area contributed by atoms with E-state index in [-0.39, 0.29) is 11.6 Å². The average Bonchev–Trinajstić information content (AvgIpc) is 2.43. The summed E-state index contributed by atoms with van der Waals surface area (Å²) in [6.07, 6.45) is 0. The maximum Gasteiger partial charge on any atom is 0.194 e. The number of anilines is 1. The Morgan fingerprint density at radius 2 is 1.58 bits per heavy atom. The minimum Gasteiger partial charge on any atom is -0.384 e. The van der Waals surface area contributed by atoms with Gasteiger partial charge in [-0.2, -0.15) is 0 Å². The van der Waals surface area contributed by atoms with Crippen molar-refractivity contribution in [3.63, 3.8) is 0 Å². The van der Waals surface area contributed by atoms with Crippen LogP contribution in [0.4, 0.5) is 18.9 Å². The summed E-state index contributed by atoms with van der Waals surface area (Å²) in [7, 11) is 0. The highest BCUT2D eigenvalue weighted by Gasteiger charge is 2.11. The largest absolute Gasteiger partial charge is 0.384 e. The lowest BCUT2D eigenvalue weighted by molar-refractivity contribution is 0.447. The summed E-state index contributed by atoms with van der Waals surface area (Å²) in [5, 5.41) is 2.91. The molecule has 0 amide bonds. The summed E-state index contributed by atoms with van der Waals surface area (Å²) in [6.45, 7) is 2.51. The number of halogens is 3. The molecule has 0 bridgehead atoms. The molecule has 2 rings (SSSR count). The second-order valence-corrected chi connectivity index (χ2v) is 4.45. The molecule has 4 heteroatoms. The van der Waals surface area contributed by atoms with Gasteiger partial charge < -0.3 is 5.32 Å². The smallest absolute Gasteiger partial charge is 0.194 e. The fraction of sp³-hybridized carbons (Fsp3) is 0.200. The Balaban J connectivity index is 2.03. The van der Waals surface area contributed by atoms with Crippen molar-refractivity contribution in [1.29, 1.82) is 0 Å². The van der Waals surface area contributed by atoms with Crippen LogP contribution in [0.15, 0.2) is 42.5 Å². The Bertz CT molecular complexity index is 532. The molecule has 0 saturated heterocycles. The van der Waals surface area contributed by atoms with Gasteiger partial charge in [-0.15, -0.1) is 0 Å². The Morgan fingerprint density at radius 1 is 1.00 bits per heavy atom. The maximum absolute atomic E-state index is 13.0. The lowest BCUT2D eigenvalue weighted by Crippen LogP contribution is -2.10. The number of nitrogens with one attached hydrogen (secondary N) is 1. The predicted octanol–water partition coefficient (Wildman–Crippen LogP) is 4.32. The summed E-state index contributed by atoms with van der Waals surface area (Å²) < 4.78 is 38.9. The molecule has 0 heterocycles. The van der Waals surface area contributed by atoms with Crippen LogP contribution in [0.1, 0.15) is 18.4 Å². The Hall–Kier alpha value is -1.97. The molecule has 2 aromatic rings. The third kappa shape index (κ3) is 3.28. The molecule has 2 aromatic carbocycles. The van der Waals surface area contributed by atoms with Gasteiger partial charge in [-0.1, -0.05) is 37.3 Å². The van der Waals surface area contributed by atoms with E-state index in [1.54, 1.807) is 0 Å². The van der Waals surface area contributed by atoms with E-state index in [1.165, 1.54) is 0 Å². The minimum absolute atomic E-state index is 0.178. The number of benzene rings is 2. The summed E-state index contributed by atoms with van der Waals surface area (Å²) in [5.41, 5.74) is 1.36. The van der Waals surface area contributed by atoms with Gasteiger partial charge in [0, 0.05) is 24.4 Å². The van der Waals surface area contributed by atoms with Crippen molar-refractivity contribution >= 4 is 5.69 Å². The molecule has 100 valence electrons. The van der Waals surface area contributed by atoms with Gasteiger partial charge in [0.1, 0.15) is 0 Å². The van der Waals surface area contributed by atoms with Gasteiger partial charge >= 0.3 is 0 Å². The second-order valence-electron chi connectivity index (χ2n) is 4.45. The zero-order chi connectivity index (χ0) is 13.8. The molecule has 0 aromatic heterocycles. The van der Waals surface area contributed by atoms with Crippen LogP contribution < -0.4 is 5.32 Å². The van der Waals surface area contributed by atoms with Crippen LogP contribution in [0.25, 0.3) is 0 Å². The molecule has 0 aliphatic rings. The van der Waals surface area contributed by atoms with Gasteiger partial charge in [0.15, 0.2) is 17.5 Å². The molecule has 19 heavy (non-hydrogen) atoms. The van der Waals surface area contributed by atoms with Crippen molar-refractivity contribution in [2.24, 2.45) is 0 Å². The fourth-order valence-electron chi connectivity index (χ4n) is 1.83. The van der Waals surface area contributed by atoms with Gasteiger partial charge in [-0.25, -0.2) is 13.2 Å². The van der Waals surface area contributed by atoms with Gasteiger partial charge in [0.05, 0.1) is 0 Å². The lowest BCUT2D eigenvalue weighted by Gasteiger charge is -2.14. The summed E-state index contributed by atoms with van der Waals surface area (Å²) in [4.78, 5) is 0. The zero-order valence-corrected chi connectivity index (χ0v) is 10.5. The van der Waals surface area contributed by atoms with E-state index in [9.17, 15) is 13.2 Å². The molecule has 0 fully saturated rings. The molecule has 1 nitrogen and oxygen atoms in total. The Kier molecular flexibility index (Phi) is 4.10. The monoisotopic (exact) mass is 265 g/mol. The van der Waals surface area contributed by atoms with E-state index in [2.05, 4.69) is 5.32 Å². The van der Waals surface area contributed by atoms with Crippen molar-refractivity contribution in [1.82, 2.24) is 0 Å². The first kappa shape index (κ1) is 13.5. The van der Waals surface area contributed by atoms with E-state index >= 15 is 0 Å². The minimum atomic E-state index is -1.44. The number of rotatable bonds is 4. The van der Waals surface area contributed by atoms with Crippen molar-refractivity contribution in [2.45, 2.75) is 12.8 Å². The highest BCUT2D eigenvalue weighted by Crippen LogP contribution is 2.19. The first-order valence-electron chi connectivity index (χ1n) is 6.01. The number of hydrogen-bond donors (Lipinski definition) is 1. The summed E-state index contributed by atoms with van der Waals surface area (Å²) >= 11 is 0. The predicted molar refractivity (Wildman–Crippen MR) is 69.7 cm³/mol. The molecule has 0 aliphatic carbocycles. The molecular formula is C15H14F3N. The van der Waals surface area contributed by atoms with Crippen molar-refractivity contribution < 1.29 is 13.2 Å². The van der Waals surface area contributed by atoms with Gasteiger partial charge in [0.2, 0.25) is 0 Å². The molecule has 0 aliphatic heterocycles. The first-order chi connectivity index (χ1) is 9.08. The number of hydrogen-bond acceptors (Lipinski definition) is 1. The quantitative estimate of drug-likeness (QED) is 0.812. The van der Waals surface area contributed by atoms with E-state index in [4.69, 9.17) is 0 Å². The van der Waals surface area contributed by atoms with Crippen molar-refractivity contribution in [3.8, 4) is 0 Å². The molecule has 0 radical (unpaired) electrons. The molecular weight excluding hydrogens is 251 g/mol. The molecule has 0 saturated carbocycles. The Morgan fingerprint density at radius 3 is 2.16 bits per heavy atom. The van der Waals surface area contributed by atoms with E-state index in [0.717, 1.165) is 17.7 Å². The van der Waals surface area contributed by atoms with Crippen molar-refractivity contribution in [2.75, 3.05) is 11.9 Å². The van der Waals surface area contributed by atoms with Crippen LogP contribution in [0.2, 0.25) is 0 Å². The molecule has 1 atom stereocenters. The third-order valence-corrected chi connectivity index (χ3v) is 2.96. The SMILES string of the molecule is CC(CNc1cc(F)c(F)c(F)c1)c1ccccc1. The third-order valence-electron chi connectivity index (χ3n) is 2.96. The van der Waals surface area contributed by atoms with Crippen LogP contribution in [-0.2, 0) is 0 Å². The molecule has 1 unspecified atom stereocenters. The average molecular weight is 265 g/mol. The zero-order valence-electron chi connectivity index (χ0n) is 10.5. The van der Waals surface area contributed by atoms with Gasteiger partial charge in [-0.05, 0) is 11.5 Å². The van der Waals surface area contributed by atoms with Gasteiger partial charge in [-0.3, -0.25) is 0 Å². The summed E-state index contributed by atoms with van der Waals surface area (Å²) in [6, 6.07) is 11.7. The van der Waals surface area contributed by atoms with E-state index < -0.39 is 17.5 Å². The standard InChI is InChI=1S/C15H14F3N/c1-10(11-5-3-2-4-6-11)9-19-12-7-13(16)15(18)14(17)8-12/h2-8,10,19H,9H2,1H3. The maximum atomic E-state index is 13.0. The lowest BCUT2D eigenvalue weighted by atomic mass is 10.0. The fourth-order valence-corrected chi connectivity index (χ4v) is 1.83. The Labute approximate surface area is 110 Å². The van der Waals surface area contributed by atoms with Crippen LogP contribution in [0.5, 0.6) is 0 Å². The highest BCUT2D eigenvalue weighted by molar-refractivity contribution is 5.44. The second kappa shape index (κ2) is 5.78. The highest BCUT2D eigenvalue weighted by atomic mass is 19.2. The summed E-state index contributed by atoms with van der Waals surface area (Å²) in [5.74, 6) is -3.64. The van der Waals surface area contributed by atoms with Crippen LogP contribution in [0, 0.1) is 17.5 Å². The normalized spacial score (nSPS) is 12.2. The molecule has 0 spiro atoms. The van der Waals surface area contributed by atoms with Crippen LogP contribution in [-0.4, -0.2) is 6.54 Å². The van der Waals surface area contributed by atoms with Crippen LogP contribution in [0.3, 0.4) is 0 Å². The van der Waals surface area contributed by atoms with E-state index in [0.29, 0.717) is 6.54 Å². The first-order valence-corrected chi connectivity index (χ1v) is 6.01. The topological polar surface area (TPSA) is 12.0 Å². The van der Waals surface area contributed by atoms with E-state index in [1.807, 2.05) is 37.3 Å². The van der Waals surface area contributed by atoms with Crippen molar-refractivity contribution in [3.05, 3.63) is 65.5 Å². The molecule has 1 N–H and O–H groups in total. The van der Waals surface area contributed by atoms with Gasteiger partial charge in [0.25, 0.3) is 0 Å². The van der Waals surface area contributed by atoms with Crippen LogP contribution >= 0.6 is 0 Å².